The zero-order valence-electron chi connectivity index (χ0n) is 10.0. The SMILES string of the molecule is CC(CI)c1cc(C2CCN(C)CC2)[nH]n1. The van der Waals surface area contributed by atoms with E-state index in [1.165, 1.54) is 37.3 Å². The lowest BCUT2D eigenvalue weighted by molar-refractivity contribution is 0.253. The molecule has 2 rings (SSSR count). The maximum Gasteiger partial charge on any atom is 0.0660 e. The number of aromatic nitrogens is 2. The summed E-state index contributed by atoms with van der Waals surface area (Å²) >= 11 is 2.42. The van der Waals surface area contributed by atoms with Crippen LogP contribution in [0.3, 0.4) is 0 Å². The number of halogens is 1. The van der Waals surface area contributed by atoms with Gasteiger partial charge in [-0.2, -0.15) is 5.10 Å². The largest absolute Gasteiger partial charge is 0.306 e. The van der Waals surface area contributed by atoms with E-state index in [0.29, 0.717) is 11.8 Å². The minimum atomic E-state index is 0.567. The Morgan fingerprint density at radius 1 is 1.56 bits per heavy atom. The number of piperidine rings is 1. The van der Waals surface area contributed by atoms with Crippen LogP contribution in [-0.2, 0) is 0 Å². The molecule has 1 N–H and O–H groups in total. The van der Waals surface area contributed by atoms with Gasteiger partial charge in [0.1, 0.15) is 0 Å². The van der Waals surface area contributed by atoms with Crippen molar-refractivity contribution in [2.75, 3.05) is 24.6 Å². The molecule has 0 aromatic carbocycles. The fraction of sp³-hybridized carbons (Fsp3) is 0.750. The Morgan fingerprint density at radius 3 is 2.88 bits per heavy atom. The number of aromatic amines is 1. The van der Waals surface area contributed by atoms with Gasteiger partial charge in [0.25, 0.3) is 0 Å². The molecule has 0 bridgehead atoms. The molecule has 1 aliphatic heterocycles. The Bertz CT molecular complexity index is 329. The van der Waals surface area contributed by atoms with E-state index in [2.05, 4.69) is 57.7 Å². The first-order valence-corrected chi connectivity index (χ1v) is 7.53. The smallest absolute Gasteiger partial charge is 0.0660 e. The molecule has 0 amide bonds. The van der Waals surface area contributed by atoms with Crippen molar-refractivity contribution in [3.63, 3.8) is 0 Å². The van der Waals surface area contributed by atoms with Gasteiger partial charge in [-0.25, -0.2) is 0 Å². The second-order valence-electron chi connectivity index (χ2n) is 4.88. The van der Waals surface area contributed by atoms with Crippen LogP contribution in [0.25, 0.3) is 0 Å². The van der Waals surface area contributed by atoms with Crippen LogP contribution in [0.1, 0.15) is 43.0 Å². The standard InChI is InChI=1S/C12H20IN3/c1-9(8-13)11-7-12(15-14-11)10-3-5-16(2)6-4-10/h7,9-10H,3-6,8H2,1-2H3,(H,14,15). The normalized spacial score (nSPS) is 21.2. The van der Waals surface area contributed by atoms with Gasteiger partial charge in [0.2, 0.25) is 0 Å². The van der Waals surface area contributed by atoms with E-state index in [1.807, 2.05) is 0 Å². The molecule has 0 aliphatic carbocycles. The third-order valence-corrected chi connectivity index (χ3v) is 4.83. The molecule has 0 spiro atoms. The van der Waals surface area contributed by atoms with Gasteiger partial charge in [-0.05, 0) is 39.0 Å². The number of nitrogens with zero attached hydrogens (tertiary/aromatic N) is 2. The van der Waals surface area contributed by atoms with Crippen molar-refractivity contribution in [3.8, 4) is 0 Å². The van der Waals surface area contributed by atoms with Gasteiger partial charge in [0.05, 0.1) is 5.69 Å². The summed E-state index contributed by atoms with van der Waals surface area (Å²) < 4.78 is 1.13. The second kappa shape index (κ2) is 5.49. The summed E-state index contributed by atoms with van der Waals surface area (Å²) in [6, 6.07) is 2.28. The van der Waals surface area contributed by atoms with E-state index in [9.17, 15) is 0 Å². The highest BCUT2D eigenvalue weighted by Crippen LogP contribution is 2.28. The molecular formula is C12H20IN3. The van der Waals surface area contributed by atoms with E-state index in [4.69, 9.17) is 0 Å². The van der Waals surface area contributed by atoms with Crippen molar-refractivity contribution < 1.29 is 0 Å². The molecule has 16 heavy (non-hydrogen) atoms. The minimum absolute atomic E-state index is 0.567. The number of alkyl halides is 1. The Balaban J connectivity index is 2.01. The third kappa shape index (κ3) is 2.77. The molecule has 4 heteroatoms. The van der Waals surface area contributed by atoms with E-state index >= 15 is 0 Å². The molecule has 1 saturated heterocycles. The summed E-state index contributed by atoms with van der Waals surface area (Å²) in [4.78, 5) is 2.40. The Morgan fingerprint density at radius 2 is 2.25 bits per heavy atom. The quantitative estimate of drug-likeness (QED) is 0.681. The van der Waals surface area contributed by atoms with Crippen molar-refractivity contribution in [1.29, 1.82) is 0 Å². The summed E-state index contributed by atoms with van der Waals surface area (Å²) in [6.45, 7) is 4.66. The summed E-state index contributed by atoms with van der Waals surface area (Å²) in [5.74, 6) is 1.26. The van der Waals surface area contributed by atoms with E-state index in [1.54, 1.807) is 0 Å². The summed E-state index contributed by atoms with van der Waals surface area (Å²) in [5, 5.41) is 7.67. The van der Waals surface area contributed by atoms with Crippen molar-refractivity contribution >= 4 is 22.6 Å². The molecule has 1 unspecified atom stereocenters. The van der Waals surface area contributed by atoms with Crippen molar-refractivity contribution in [3.05, 3.63) is 17.5 Å². The van der Waals surface area contributed by atoms with Crippen LogP contribution in [0.5, 0.6) is 0 Å². The Hall–Kier alpha value is -0.100. The molecule has 2 heterocycles. The summed E-state index contributed by atoms with van der Waals surface area (Å²) in [7, 11) is 2.20. The molecule has 90 valence electrons. The fourth-order valence-corrected chi connectivity index (χ4v) is 2.66. The van der Waals surface area contributed by atoms with Crippen LogP contribution in [0.4, 0.5) is 0 Å². The van der Waals surface area contributed by atoms with Crippen LogP contribution in [0.15, 0.2) is 6.07 Å². The number of rotatable bonds is 3. The van der Waals surface area contributed by atoms with Crippen LogP contribution >= 0.6 is 22.6 Å². The van der Waals surface area contributed by atoms with Crippen molar-refractivity contribution in [1.82, 2.24) is 15.1 Å². The zero-order chi connectivity index (χ0) is 11.5. The first-order chi connectivity index (χ1) is 7.70. The molecule has 0 radical (unpaired) electrons. The van der Waals surface area contributed by atoms with Crippen molar-refractivity contribution in [2.24, 2.45) is 0 Å². The first-order valence-electron chi connectivity index (χ1n) is 6.00. The maximum absolute atomic E-state index is 4.44. The van der Waals surface area contributed by atoms with Crippen LogP contribution in [-0.4, -0.2) is 39.7 Å². The molecular weight excluding hydrogens is 313 g/mol. The first kappa shape index (κ1) is 12.4. The average Bonchev–Trinajstić information content (AvgIpc) is 2.78. The lowest BCUT2D eigenvalue weighted by atomic mass is 9.93. The lowest BCUT2D eigenvalue weighted by Crippen LogP contribution is -2.29. The second-order valence-corrected chi connectivity index (χ2v) is 5.76. The highest BCUT2D eigenvalue weighted by Gasteiger charge is 2.20. The average molecular weight is 333 g/mol. The predicted octanol–water partition coefficient (Wildman–Crippen LogP) is 2.76. The Labute approximate surface area is 111 Å². The van der Waals surface area contributed by atoms with Gasteiger partial charge in [0.15, 0.2) is 0 Å². The molecule has 3 nitrogen and oxygen atoms in total. The Kier molecular flexibility index (Phi) is 4.24. The zero-order valence-corrected chi connectivity index (χ0v) is 12.2. The van der Waals surface area contributed by atoms with Crippen molar-refractivity contribution in [2.45, 2.75) is 31.6 Å². The minimum Gasteiger partial charge on any atom is -0.306 e. The lowest BCUT2D eigenvalue weighted by Gasteiger charge is -2.28. The highest BCUT2D eigenvalue weighted by molar-refractivity contribution is 14.1. The number of H-pyrrole nitrogens is 1. The van der Waals surface area contributed by atoms with E-state index in [0.717, 1.165) is 4.43 Å². The number of nitrogens with one attached hydrogen (secondary N) is 1. The molecule has 1 aliphatic rings. The van der Waals surface area contributed by atoms with E-state index < -0.39 is 0 Å². The topological polar surface area (TPSA) is 31.9 Å². The molecule has 1 fully saturated rings. The molecule has 1 aromatic rings. The number of hydrogen-bond acceptors (Lipinski definition) is 2. The van der Waals surface area contributed by atoms with Gasteiger partial charge in [0, 0.05) is 22.0 Å². The molecule has 1 aromatic heterocycles. The van der Waals surface area contributed by atoms with Crippen LogP contribution < -0.4 is 0 Å². The van der Waals surface area contributed by atoms with Gasteiger partial charge in [-0.3, -0.25) is 5.10 Å². The van der Waals surface area contributed by atoms with Gasteiger partial charge in [-0.1, -0.05) is 29.5 Å². The van der Waals surface area contributed by atoms with Crippen LogP contribution in [0, 0.1) is 0 Å². The fourth-order valence-electron chi connectivity index (χ4n) is 2.21. The number of likely N-dealkylation sites (tertiary alicyclic amines) is 1. The maximum atomic E-state index is 4.44. The number of hydrogen-bond donors (Lipinski definition) is 1. The van der Waals surface area contributed by atoms with Gasteiger partial charge in [-0.15, -0.1) is 0 Å². The third-order valence-electron chi connectivity index (χ3n) is 3.51. The monoisotopic (exact) mass is 333 g/mol. The molecule has 0 saturated carbocycles. The van der Waals surface area contributed by atoms with Crippen LogP contribution in [0.2, 0.25) is 0 Å². The summed E-state index contributed by atoms with van der Waals surface area (Å²) in [6.07, 6.45) is 2.52. The predicted molar refractivity (Wildman–Crippen MR) is 75.4 cm³/mol. The van der Waals surface area contributed by atoms with Gasteiger partial charge < -0.3 is 4.90 Å². The molecule has 1 atom stereocenters. The van der Waals surface area contributed by atoms with E-state index in [-0.39, 0.29) is 0 Å². The van der Waals surface area contributed by atoms with Gasteiger partial charge >= 0.3 is 0 Å². The highest BCUT2D eigenvalue weighted by atomic mass is 127. The summed E-state index contributed by atoms with van der Waals surface area (Å²) in [5.41, 5.74) is 2.57.